The van der Waals surface area contributed by atoms with Gasteiger partial charge in [0.1, 0.15) is 33.1 Å². The van der Waals surface area contributed by atoms with Gasteiger partial charge in [0, 0.05) is 16.7 Å². The van der Waals surface area contributed by atoms with Gasteiger partial charge in [-0.05, 0) is 98.4 Å². The summed E-state index contributed by atoms with van der Waals surface area (Å²) in [5.74, 6) is 1.59. The lowest BCUT2D eigenvalue weighted by Gasteiger charge is -2.32. The highest BCUT2D eigenvalue weighted by atomic mass is 127. The number of ether oxygens (including phenoxy) is 4. The van der Waals surface area contributed by atoms with Crippen LogP contribution in [0.3, 0.4) is 0 Å². The number of hydrogen-bond acceptors (Lipinski definition) is 13. The van der Waals surface area contributed by atoms with Gasteiger partial charge in [0.05, 0.1) is 46.1 Å². The van der Waals surface area contributed by atoms with Crippen molar-refractivity contribution >= 4 is 48.7 Å². The third-order valence-corrected chi connectivity index (χ3v) is 13.5. The molecule has 1 amide bonds. The van der Waals surface area contributed by atoms with Gasteiger partial charge in [-0.25, -0.2) is 26.4 Å². The molecule has 0 aliphatic heterocycles. The molecule has 20 heteroatoms. The smallest absolute Gasteiger partial charge is 0.404 e. The predicted octanol–water partition coefficient (Wildman–Crippen LogP) is 4.56. The van der Waals surface area contributed by atoms with Crippen LogP contribution in [0.1, 0.15) is 37.5 Å². The molecule has 0 spiro atoms. The van der Waals surface area contributed by atoms with Crippen molar-refractivity contribution in [1.29, 1.82) is 0 Å². The van der Waals surface area contributed by atoms with Gasteiger partial charge < -0.3 is 29.8 Å². The fourth-order valence-electron chi connectivity index (χ4n) is 5.94. The van der Waals surface area contributed by atoms with E-state index in [1.807, 2.05) is 34.7 Å². The Kier molecular flexibility index (Phi) is 14.6. The second kappa shape index (κ2) is 19.0. The molecule has 1 aromatic heterocycles. The van der Waals surface area contributed by atoms with Crippen molar-refractivity contribution < 1.29 is 45.7 Å². The number of halogens is 1. The summed E-state index contributed by atoms with van der Waals surface area (Å²) in [6, 6.07) is 23.3. The lowest BCUT2D eigenvalue weighted by molar-refractivity contribution is -0.0458. The summed E-state index contributed by atoms with van der Waals surface area (Å²) in [7, 11) is -5.07. The quantitative estimate of drug-likeness (QED) is 0.103. The Morgan fingerprint density at radius 1 is 0.831 bits per heavy atom. The predicted molar refractivity (Wildman–Crippen MR) is 226 cm³/mol. The minimum Gasteiger partial charge on any atom is -0.497 e. The Hall–Kier alpha value is -4.87. The SMILES string of the molecule is COc1ccc(CN(Cc2ccc(OC)cc2)S(=O)(=O)c2c(S(=O)(=O)NC[C@H](OC(N)=O)[C@@H](O)C(C)(C)C)ccc(I)c2-c2nnn(Cc3ccc(OC)cc3)n2)cc1. The van der Waals surface area contributed by atoms with E-state index in [4.69, 9.17) is 24.7 Å². The van der Waals surface area contributed by atoms with Crippen LogP contribution in [0.2, 0.25) is 0 Å². The largest absolute Gasteiger partial charge is 0.497 e. The van der Waals surface area contributed by atoms with Crippen LogP contribution >= 0.6 is 22.6 Å². The van der Waals surface area contributed by atoms with Gasteiger partial charge in [-0.3, -0.25) is 0 Å². The molecule has 4 aromatic carbocycles. The third kappa shape index (κ3) is 11.2. The van der Waals surface area contributed by atoms with Gasteiger partial charge in [0.25, 0.3) is 0 Å². The van der Waals surface area contributed by atoms with Crippen molar-refractivity contribution in [3.8, 4) is 28.6 Å². The number of carbonyl (C=O) groups is 1. The van der Waals surface area contributed by atoms with Gasteiger partial charge in [-0.2, -0.15) is 9.10 Å². The molecule has 1 heterocycles. The second-order valence-electron chi connectivity index (χ2n) is 14.3. The van der Waals surface area contributed by atoms with Gasteiger partial charge in [-0.1, -0.05) is 57.2 Å². The first kappa shape index (κ1) is 45.2. The number of rotatable bonds is 18. The minimum absolute atomic E-state index is 0.122. The van der Waals surface area contributed by atoms with Crippen LogP contribution in [0.25, 0.3) is 11.4 Å². The maximum atomic E-state index is 15.4. The van der Waals surface area contributed by atoms with Gasteiger partial charge in [0.15, 0.2) is 0 Å². The summed E-state index contributed by atoms with van der Waals surface area (Å²) < 4.78 is 84.6. The average Bonchev–Trinajstić information content (AvgIpc) is 3.66. The van der Waals surface area contributed by atoms with Crippen molar-refractivity contribution in [3.05, 3.63) is 105 Å². The summed E-state index contributed by atoms with van der Waals surface area (Å²) >= 11 is 1.90. The molecule has 0 aliphatic carbocycles. The number of aliphatic hydroxyl groups excluding tert-OH is 1. The van der Waals surface area contributed by atoms with Crippen LogP contribution in [0.5, 0.6) is 17.2 Å². The number of amides is 1. The van der Waals surface area contributed by atoms with Crippen LogP contribution in [0.15, 0.2) is 94.7 Å². The van der Waals surface area contributed by atoms with Crippen molar-refractivity contribution in [1.82, 2.24) is 29.2 Å². The van der Waals surface area contributed by atoms with E-state index in [1.165, 1.54) is 25.1 Å². The lowest BCUT2D eigenvalue weighted by atomic mass is 9.86. The molecule has 0 saturated heterocycles. The Morgan fingerprint density at radius 2 is 1.32 bits per heavy atom. The van der Waals surface area contributed by atoms with Crippen molar-refractivity contribution in [2.75, 3.05) is 27.9 Å². The Balaban J connectivity index is 1.69. The Labute approximate surface area is 357 Å². The van der Waals surface area contributed by atoms with Crippen LogP contribution in [-0.4, -0.2) is 92.6 Å². The van der Waals surface area contributed by atoms with Crippen LogP contribution in [-0.2, 0) is 44.4 Å². The number of nitrogens with zero attached hydrogens (tertiary/aromatic N) is 5. The molecule has 316 valence electrons. The molecule has 0 radical (unpaired) electrons. The zero-order valence-electron chi connectivity index (χ0n) is 33.2. The summed E-state index contributed by atoms with van der Waals surface area (Å²) in [4.78, 5) is 11.8. The van der Waals surface area contributed by atoms with E-state index in [0.717, 1.165) is 15.9 Å². The zero-order valence-corrected chi connectivity index (χ0v) is 37.0. The van der Waals surface area contributed by atoms with Gasteiger partial charge in [-0.15, -0.1) is 10.2 Å². The van der Waals surface area contributed by atoms with E-state index < -0.39 is 60.1 Å². The number of hydrogen-bond donors (Lipinski definition) is 3. The maximum Gasteiger partial charge on any atom is 0.404 e. The fourth-order valence-corrected chi connectivity index (χ4v) is 10.3. The standard InChI is InChI=1S/C39H46IN7O10S2/c1-39(2,3)36(48)32(57-38(41)49)21-42-58(50,51)33-20-19-31(40)34(37-43-45-47(44-37)24-27-11-17-30(56-6)18-12-27)35(33)59(52,53)46(22-25-7-13-28(54-4)14-8-25)23-26-9-15-29(55-5)16-10-26/h7-20,32,36,42,48H,21-24H2,1-6H3,(H2,41,49)/t32-,36+/m0/s1. The summed E-state index contributed by atoms with van der Waals surface area (Å²) in [6.07, 6.45) is -4.05. The maximum absolute atomic E-state index is 15.4. The Bertz CT molecular complexity index is 2390. The number of aliphatic hydroxyl groups is 1. The molecule has 5 aromatic rings. The van der Waals surface area contributed by atoms with Crippen molar-refractivity contribution in [3.63, 3.8) is 0 Å². The number of primary amides is 1. The molecule has 5 rings (SSSR count). The topological polar surface area (TPSA) is 227 Å². The van der Waals surface area contributed by atoms with Crippen molar-refractivity contribution in [2.24, 2.45) is 11.1 Å². The van der Waals surface area contributed by atoms with Crippen LogP contribution in [0.4, 0.5) is 4.79 Å². The second-order valence-corrected chi connectivity index (χ2v) is 19.1. The monoisotopic (exact) mass is 963 g/mol. The van der Waals surface area contributed by atoms with E-state index in [0.29, 0.717) is 31.9 Å². The van der Waals surface area contributed by atoms with Crippen molar-refractivity contribution in [2.45, 2.75) is 62.4 Å². The number of tetrazole rings is 1. The number of nitrogens with two attached hydrogens (primary N) is 1. The highest BCUT2D eigenvalue weighted by Crippen LogP contribution is 2.38. The molecule has 0 fully saturated rings. The first-order valence-corrected chi connectivity index (χ1v) is 22.0. The molecule has 0 bridgehead atoms. The van der Waals surface area contributed by atoms with E-state index in [9.17, 15) is 18.3 Å². The van der Waals surface area contributed by atoms with E-state index in [1.54, 1.807) is 88.5 Å². The third-order valence-electron chi connectivity index (χ3n) is 9.14. The van der Waals surface area contributed by atoms with E-state index in [2.05, 4.69) is 20.1 Å². The molecule has 0 saturated carbocycles. The molecule has 59 heavy (non-hydrogen) atoms. The first-order valence-electron chi connectivity index (χ1n) is 18.0. The van der Waals surface area contributed by atoms with E-state index >= 15 is 8.42 Å². The highest BCUT2D eigenvalue weighted by Gasteiger charge is 2.39. The van der Waals surface area contributed by atoms with Crippen LogP contribution in [0, 0.1) is 8.99 Å². The lowest BCUT2D eigenvalue weighted by Crippen LogP contribution is -2.48. The molecule has 0 unspecified atom stereocenters. The number of benzene rings is 4. The highest BCUT2D eigenvalue weighted by molar-refractivity contribution is 14.1. The Morgan fingerprint density at radius 3 is 1.78 bits per heavy atom. The molecular weight excluding hydrogens is 918 g/mol. The minimum atomic E-state index is -4.84. The summed E-state index contributed by atoms with van der Waals surface area (Å²) in [5.41, 5.74) is 6.22. The number of nitrogens with one attached hydrogen (secondary N) is 1. The molecule has 4 N–H and O–H groups in total. The zero-order chi connectivity index (χ0) is 43.1. The normalized spacial score (nSPS) is 13.2. The molecule has 17 nitrogen and oxygen atoms in total. The number of sulfonamides is 2. The summed E-state index contributed by atoms with van der Waals surface area (Å²) in [5, 5.41) is 23.9. The van der Waals surface area contributed by atoms with Gasteiger partial charge in [0.2, 0.25) is 25.9 Å². The summed E-state index contributed by atoms with van der Waals surface area (Å²) in [6.45, 7) is 4.09. The molecular formula is C39H46IN7O10S2. The van der Waals surface area contributed by atoms with E-state index in [-0.39, 0.29) is 31.0 Å². The molecule has 0 aliphatic rings. The first-order chi connectivity index (χ1) is 27.9. The van der Waals surface area contributed by atoms with Crippen LogP contribution < -0.4 is 24.7 Å². The number of methoxy groups -OCH3 is 3. The van der Waals surface area contributed by atoms with Gasteiger partial charge >= 0.3 is 6.09 Å². The fraction of sp³-hybridized carbons (Fsp3) is 0.333. The number of aromatic nitrogens is 4. The average molecular weight is 964 g/mol. The molecule has 2 atom stereocenters. The number of carbonyl (C=O) groups excluding carboxylic acids is 1.